The van der Waals surface area contributed by atoms with Crippen molar-refractivity contribution < 1.29 is 23.8 Å². The lowest BCUT2D eigenvalue weighted by molar-refractivity contribution is -0.148. The molecule has 0 unspecified atom stereocenters. The monoisotopic (exact) mass is 341 g/mol. The van der Waals surface area contributed by atoms with Gasteiger partial charge in [-0.25, -0.2) is 9.59 Å². The summed E-state index contributed by atoms with van der Waals surface area (Å²) < 4.78 is 16.5. The Morgan fingerprint density at radius 3 is 1.96 bits per heavy atom. The van der Waals surface area contributed by atoms with Crippen molar-refractivity contribution in [3.05, 3.63) is 12.2 Å². The Balaban J connectivity index is 3.01. The first kappa shape index (κ1) is 20.5. The molecule has 1 heterocycles. The van der Waals surface area contributed by atoms with Crippen LogP contribution < -0.4 is 0 Å². The van der Waals surface area contributed by atoms with Crippen LogP contribution in [0.1, 0.15) is 62.3 Å². The molecule has 1 saturated heterocycles. The van der Waals surface area contributed by atoms with Crippen LogP contribution in [-0.2, 0) is 19.0 Å². The van der Waals surface area contributed by atoms with Crippen LogP contribution >= 0.6 is 0 Å². The van der Waals surface area contributed by atoms with Gasteiger partial charge in [-0.3, -0.25) is 4.90 Å². The van der Waals surface area contributed by atoms with Crippen molar-refractivity contribution in [2.75, 3.05) is 6.61 Å². The highest BCUT2D eigenvalue weighted by Gasteiger charge is 2.51. The lowest BCUT2D eigenvalue weighted by Gasteiger charge is -2.39. The van der Waals surface area contributed by atoms with Crippen LogP contribution in [0.15, 0.2) is 12.2 Å². The van der Waals surface area contributed by atoms with Crippen molar-refractivity contribution in [1.82, 2.24) is 4.90 Å². The molecule has 138 valence electrons. The van der Waals surface area contributed by atoms with Gasteiger partial charge in [-0.2, -0.15) is 0 Å². The number of hydrogen-bond donors (Lipinski definition) is 0. The summed E-state index contributed by atoms with van der Waals surface area (Å²) in [5.41, 5.74) is -2.83. The molecular weight excluding hydrogens is 310 g/mol. The summed E-state index contributed by atoms with van der Waals surface area (Å²) in [6.45, 7) is 16.5. The van der Waals surface area contributed by atoms with Gasteiger partial charge in [0.2, 0.25) is 0 Å². The summed E-state index contributed by atoms with van der Waals surface area (Å²) in [6.07, 6.45) is 2.49. The zero-order valence-electron chi connectivity index (χ0n) is 16.4. The van der Waals surface area contributed by atoms with Crippen molar-refractivity contribution in [2.45, 2.75) is 84.8 Å². The van der Waals surface area contributed by atoms with E-state index in [2.05, 4.69) is 0 Å². The molecule has 0 aromatic rings. The molecule has 1 atom stereocenters. The highest BCUT2D eigenvalue weighted by Crippen LogP contribution is 2.37. The van der Waals surface area contributed by atoms with Gasteiger partial charge in [-0.15, -0.1) is 0 Å². The molecule has 6 nitrogen and oxygen atoms in total. The third-order valence-electron chi connectivity index (χ3n) is 3.33. The van der Waals surface area contributed by atoms with E-state index in [-0.39, 0.29) is 6.61 Å². The van der Waals surface area contributed by atoms with E-state index >= 15 is 0 Å². The molecule has 0 bridgehead atoms. The fraction of sp³-hybridized carbons (Fsp3) is 0.778. The number of nitrogens with zero attached hydrogens (tertiary/aromatic N) is 1. The molecule has 0 radical (unpaired) electrons. The van der Waals surface area contributed by atoms with Crippen LogP contribution in [0.4, 0.5) is 4.79 Å². The first-order valence-electron chi connectivity index (χ1n) is 8.15. The van der Waals surface area contributed by atoms with Crippen LogP contribution in [0.25, 0.3) is 0 Å². The fourth-order valence-corrected chi connectivity index (χ4v) is 2.51. The van der Waals surface area contributed by atoms with Gasteiger partial charge in [-0.05, 0) is 68.4 Å². The van der Waals surface area contributed by atoms with Gasteiger partial charge in [0.1, 0.15) is 16.9 Å². The summed E-state index contributed by atoms with van der Waals surface area (Å²) in [4.78, 5) is 26.1. The summed E-state index contributed by atoms with van der Waals surface area (Å²) in [5, 5.41) is 0. The maximum atomic E-state index is 12.6. The van der Waals surface area contributed by atoms with Gasteiger partial charge < -0.3 is 14.2 Å². The zero-order chi connectivity index (χ0) is 19.0. The first-order valence-corrected chi connectivity index (χ1v) is 8.15. The third-order valence-corrected chi connectivity index (χ3v) is 3.33. The van der Waals surface area contributed by atoms with Crippen LogP contribution in [-0.4, -0.2) is 46.0 Å². The molecular formula is C18H31NO5. The van der Waals surface area contributed by atoms with Crippen molar-refractivity contribution >= 4 is 12.1 Å². The average molecular weight is 341 g/mol. The zero-order valence-corrected chi connectivity index (χ0v) is 16.4. The number of amides is 1. The van der Waals surface area contributed by atoms with Crippen LogP contribution in [0.3, 0.4) is 0 Å². The molecule has 0 N–H and O–H groups in total. The second-order valence-electron chi connectivity index (χ2n) is 8.78. The molecule has 0 aromatic carbocycles. The van der Waals surface area contributed by atoms with E-state index in [1.165, 1.54) is 11.0 Å². The summed E-state index contributed by atoms with van der Waals surface area (Å²) in [5.74, 6) is -0.461. The van der Waals surface area contributed by atoms with Gasteiger partial charge in [0.25, 0.3) is 0 Å². The molecule has 1 rings (SSSR count). The number of esters is 1. The minimum atomic E-state index is -0.838. The summed E-state index contributed by atoms with van der Waals surface area (Å²) in [7, 11) is 0. The van der Waals surface area contributed by atoms with Gasteiger partial charge in [0.15, 0.2) is 0 Å². The molecule has 0 aromatic heterocycles. The van der Waals surface area contributed by atoms with E-state index in [9.17, 15) is 9.59 Å². The normalized spacial score (nSPS) is 24.3. The second-order valence-corrected chi connectivity index (χ2v) is 8.78. The van der Waals surface area contributed by atoms with Gasteiger partial charge in [0.05, 0.1) is 12.1 Å². The first-order chi connectivity index (χ1) is 10.6. The maximum absolute atomic E-state index is 12.6. The Hall–Kier alpha value is -1.56. The number of hydrogen-bond acceptors (Lipinski definition) is 5. The molecule has 1 aliphatic rings. The Labute approximate surface area is 145 Å². The Kier molecular flexibility index (Phi) is 5.45. The van der Waals surface area contributed by atoms with Gasteiger partial charge in [0, 0.05) is 6.08 Å². The second kappa shape index (κ2) is 6.39. The van der Waals surface area contributed by atoms with E-state index in [0.29, 0.717) is 0 Å². The highest BCUT2D eigenvalue weighted by molar-refractivity contribution is 5.83. The largest absolute Gasteiger partial charge is 0.457 e. The molecule has 0 spiro atoms. The predicted octanol–water partition coefficient (Wildman–Crippen LogP) is 3.65. The van der Waals surface area contributed by atoms with E-state index in [4.69, 9.17) is 14.2 Å². The minimum Gasteiger partial charge on any atom is -0.457 e. The van der Waals surface area contributed by atoms with E-state index < -0.39 is 34.5 Å². The molecule has 1 aliphatic heterocycles. The van der Waals surface area contributed by atoms with Crippen molar-refractivity contribution in [3.63, 3.8) is 0 Å². The minimum absolute atomic E-state index is 0.262. The SMILES string of the molecule is CC(C)(C)OC(=O)/C=C\[C@@]1(C)COC(C)(C)N1C(=O)OC(C)(C)C. The predicted molar refractivity (Wildman–Crippen MR) is 91.5 cm³/mol. The standard InChI is InChI=1S/C18H31NO5/c1-15(2,3)23-13(20)10-11-18(9)12-22-17(7,8)19(18)14(21)24-16(4,5)6/h10-11H,12H2,1-9H3/b11-10-/t18-/m0/s1. The highest BCUT2D eigenvalue weighted by atomic mass is 16.6. The summed E-state index contributed by atoms with van der Waals surface area (Å²) >= 11 is 0. The Morgan fingerprint density at radius 1 is 1.00 bits per heavy atom. The Morgan fingerprint density at radius 2 is 1.50 bits per heavy atom. The smallest absolute Gasteiger partial charge is 0.413 e. The topological polar surface area (TPSA) is 65.1 Å². The number of ether oxygens (including phenoxy) is 3. The van der Waals surface area contributed by atoms with Gasteiger partial charge in [-0.1, -0.05) is 0 Å². The molecule has 24 heavy (non-hydrogen) atoms. The van der Waals surface area contributed by atoms with Gasteiger partial charge >= 0.3 is 12.1 Å². The van der Waals surface area contributed by atoms with E-state index in [1.54, 1.807) is 40.7 Å². The molecule has 6 heteroatoms. The molecule has 1 amide bonds. The maximum Gasteiger partial charge on any atom is 0.413 e. The van der Waals surface area contributed by atoms with Crippen LogP contribution in [0.5, 0.6) is 0 Å². The lowest BCUT2D eigenvalue weighted by atomic mass is 10.0. The molecule has 0 saturated carbocycles. The van der Waals surface area contributed by atoms with Crippen molar-refractivity contribution in [2.24, 2.45) is 0 Å². The Bertz CT molecular complexity index is 525. The lowest BCUT2D eigenvalue weighted by Crippen LogP contribution is -2.54. The van der Waals surface area contributed by atoms with E-state index in [1.807, 2.05) is 27.7 Å². The molecule has 0 aliphatic carbocycles. The fourth-order valence-electron chi connectivity index (χ4n) is 2.51. The number of rotatable bonds is 2. The van der Waals surface area contributed by atoms with Crippen LogP contribution in [0.2, 0.25) is 0 Å². The average Bonchev–Trinajstić information content (AvgIpc) is 2.54. The molecule has 1 fully saturated rings. The quantitative estimate of drug-likeness (QED) is 0.567. The van der Waals surface area contributed by atoms with Crippen molar-refractivity contribution in [3.8, 4) is 0 Å². The van der Waals surface area contributed by atoms with E-state index in [0.717, 1.165) is 0 Å². The van der Waals surface area contributed by atoms with Crippen LogP contribution in [0, 0.1) is 0 Å². The number of carbonyl (C=O) groups is 2. The summed E-state index contributed by atoms with van der Waals surface area (Å²) in [6, 6.07) is 0. The van der Waals surface area contributed by atoms with Crippen molar-refractivity contribution in [1.29, 1.82) is 0 Å². The third kappa shape index (κ3) is 5.51. The number of carbonyl (C=O) groups excluding carboxylic acids is 2.